The van der Waals surface area contributed by atoms with Gasteiger partial charge in [-0.2, -0.15) is 0 Å². The highest BCUT2D eigenvalue weighted by Crippen LogP contribution is 2.26. The number of aromatic nitrogens is 1. The van der Waals surface area contributed by atoms with Gasteiger partial charge in [0.1, 0.15) is 0 Å². The Hall–Kier alpha value is -0.350. The summed E-state index contributed by atoms with van der Waals surface area (Å²) in [6, 6.07) is 4.07. The number of pyridine rings is 1. The van der Waals surface area contributed by atoms with Crippen molar-refractivity contribution in [3.63, 3.8) is 0 Å². The first-order valence-corrected chi connectivity index (χ1v) is 4.65. The predicted molar refractivity (Wildman–Crippen MR) is 64.6 cm³/mol. The Morgan fingerprint density at radius 3 is 2.53 bits per heavy atom. The lowest BCUT2D eigenvalue weighted by molar-refractivity contribution is 0.000101. The van der Waals surface area contributed by atoms with E-state index in [9.17, 15) is 0 Å². The van der Waals surface area contributed by atoms with Gasteiger partial charge in [0.25, 0.3) is 0 Å². The molecule has 2 rings (SSSR count). The van der Waals surface area contributed by atoms with Crippen molar-refractivity contribution in [2.75, 3.05) is 6.61 Å². The fraction of sp³-hybridized carbons (Fsp3) is 0.500. The number of halogens is 2. The van der Waals surface area contributed by atoms with Crippen molar-refractivity contribution >= 4 is 24.8 Å². The maximum atomic E-state index is 5.97. The molecule has 1 aliphatic rings. The van der Waals surface area contributed by atoms with Gasteiger partial charge in [-0.05, 0) is 30.5 Å². The van der Waals surface area contributed by atoms with Crippen LogP contribution < -0.4 is 5.73 Å². The standard InChI is InChI=1S/C10H14N2O.2ClH/c11-9-2-1-7-13-10(9)8-3-5-12-6-4-8;;/h3-6,9-10H,1-2,7,11H2;2*1H. The maximum Gasteiger partial charge on any atom is 0.0976 e. The van der Waals surface area contributed by atoms with Gasteiger partial charge in [0.05, 0.1) is 6.10 Å². The zero-order valence-electron chi connectivity index (χ0n) is 8.33. The third-order valence-corrected chi connectivity index (χ3v) is 2.40. The van der Waals surface area contributed by atoms with E-state index in [1.807, 2.05) is 12.1 Å². The highest BCUT2D eigenvalue weighted by atomic mass is 35.5. The lowest BCUT2D eigenvalue weighted by Gasteiger charge is -2.29. The summed E-state index contributed by atoms with van der Waals surface area (Å²) in [6.45, 7) is 0.820. The van der Waals surface area contributed by atoms with Gasteiger partial charge in [0.2, 0.25) is 0 Å². The maximum absolute atomic E-state index is 5.97. The Balaban J connectivity index is 0.000000980. The summed E-state index contributed by atoms with van der Waals surface area (Å²) in [5.74, 6) is 0. The van der Waals surface area contributed by atoms with Gasteiger partial charge in [-0.1, -0.05) is 0 Å². The summed E-state index contributed by atoms with van der Waals surface area (Å²) in [4.78, 5) is 3.97. The fourth-order valence-corrected chi connectivity index (χ4v) is 1.70. The molecule has 5 heteroatoms. The molecule has 1 saturated heterocycles. The van der Waals surface area contributed by atoms with E-state index in [0.29, 0.717) is 0 Å². The molecule has 2 heterocycles. The Bertz CT molecular complexity index is 271. The molecule has 2 unspecified atom stereocenters. The Labute approximate surface area is 102 Å². The van der Waals surface area contributed by atoms with Crippen LogP contribution in [0.5, 0.6) is 0 Å². The Kier molecular flexibility index (Phi) is 6.85. The first-order chi connectivity index (χ1) is 6.38. The van der Waals surface area contributed by atoms with E-state index in [4.69, 9.17) is 10.5 Å². The van der Waals surface area contributed by atoms with Gasteiger partial charge < -0.3 is 10.5 Å². The normalized spacial score (nSPS) is 24.9. The average Bonchev–Trinajstić information content (AvgIpc) is 2.20. The molecule has 2 N–H and O–H groups in total. The topological polar surface area (TPSA) is 48.1 Å². The monoisotopic (exact) mass is 250 g/mol. The summed E-state index contributed by atoms with van der Waals surface area (Å²) in [7, 11) is 0. The third kappa shape index (κ3) is 3.61. The minimum Gasteiger partial charge on any atom is -0.372 e. The molecule has 2 atom stereocenters. The molecule has 0 aromatic carbocycles. The average molecular weight is 251 g/mol. The van der Waals surface area contributed by atoms with Crippen LogP contribution in [0.1, 0.15) is 24.5 Å². The van der Waals surface area contributed by atoms with E-state index < -0.39 is 0 Å². The number of hydrogen-bond donors (Lipinski definition) is 1. The fourth-order valence-electron chi connectivity index (χ4n) is 1.70. The van der Waals surface area contributed by atoms with E-state index in [1.54, 1.807) is 12.4 Å². The van der Waals surface area contributed by atoms with Crippen LogP contribution in [-0.2, 0) is 4.74 Å². The highest BCUT2D eigenvalue weighted by Gasteiger charge is 2.23. The van der Waals surface area contributed by atoms with Crippen LogP contribution in [0.3, 0.4) is 0 Å². The number of rotatable bonds is 1. The van der Waals surface area contributed by atoms with E-state index in [0.717, 1.165) is 25.0 Å². The molecule has 1 fully saturated rings. The van der Waals surface area contributed by atoms with E-state index >= 15 is 0 Å². The van der Waals surface area contributed by atoms with Crippen LogP contribution in [0.15, 0.2) is 24.5 Å². The van der Waals surface area contributed by atoms with Crippen LogP contribution in [0.25, 0.3) is 0 Å². The molecular weight excluding hydrogens is 235 g/mol. The van der Waals surface area contributed by atoms with E-state index in [1.165, 1.54) is 0 Å². The van der Waals surface area contributed by atoms with Gasteiger partial charge in [0, 0.05) is 25.0 Å². The van der Waals surface area contributed by atoms with E-state index in [-0.39, 0.29) is 37.0 Å². The van der Waals surface area contributed by atoms with Crippen molar-refractivity contribution in [3.8, 4) is 0 Å². The third-order valence-electron chi connectivity index (χ3n) is 2.40. The van der Waals surface area contributed by atoms with Crippen molar-refractivity contribution in [1.29, 1.82) is 0 Å². The van der Waals surface area contributed by atoms with Crippen LogP contribution in [0.2, 0.25) is 0 Å². The number of nitrogens with zero attached hydrogens (tertiary/aromatic N) is 1. The molecule has 15 heavy (non-hydrogen) atoms. The second-order valence-electron chi connectivity index (χ2n) is 3.38. The molecule has 0 bridgehead atoms. The molecule has 0 aliphatic carbocycles. The minimum atomic E-state index is 0. The SMILES string of the molecule is Cl.Cl.NC1CCCOC1c1ccncc1. The summed E-state index contributed by atoms with van der Waals surface area (Å²) < 4.78 is 5.62. The van der Waals surface area contributed by atoms with E-state index in [2.05, 4.69) is 4.98 Å². The van der Waals surface area contributed by atoms with Gasteiger partial charge in [-0.25, -0.2) is 0 Å². The van der Waals surface area contributed by atoms with Gasteiger partial charge in [-0.15, -0.1) is 24.8 Å². The first-order valence-electron chi connectivity index (χ1n) is 4.65. The lowest BCUT2D eigenvalue weighted by Crippen LogP contribution is -2.34. The van der Waals surface area contributed by atoms with Crippen molar-refractivity contribution in [2.24, 2.45) is 5.73 Å². The molecule has 3 nitrogen and oxygen atoms in total. The molecule has 0 radical (unpaired) electrons. The largest absolute Gasteiger partial charge is 0.372 e. The van der Waals surface area contributed by atoms with Crippen LogP contribution in [0, 0.1) is 0 Å². The van der Waals surface area contributed by atoms with Gasteiger partial charge in [-0.3, -0.25) is 4.98 Å². The molecule has 0 saturated carbocycles. The van der Waals surface area contributed by atoms with Crippen LogP contribution >= 0.6 is 24.8 Å². The van der Waals surface area contributed by atoms with Crippen LogP contribution in [0.4, 0.5) is 0 Å². The minimum absolute atomic E-state index is 0. The molecule has 86 valence electrons. The second kappa shape index (κ2) is 7.01. The number of nitrogens with two attached hydrogens (primary N) is 1. The lowest BCUT2D eigenvalue weighted by atomic mass is 9.98. The van der Waals surface area contributed by atoms with Crippen molar-refractivity contribution in [1.82, 2.24) is 4.98 Å². The summed E-state index contributed by atoms with van der Waals surface area (Å²) >= 11 is 0. The van der Waals surface area contributed by atoms with Crippen molar-refractivity contribution in [3.05, 3.63) is 30.1 Å². The zero-order chi connectivity index (χ0) is 9.10. The summed E-state index contributed by atoms with van der Waals surface area (Å²) in [5, 5.41) is 0. The Morgan fingerprint density at radius 2 is 1.93 bits per heavy atom. The Morgan fingerprint density at radius 1 is 1.27 bits per heavy atom. The molecule has 0 amide bonds. The zero-order valence-corrected chi connectivity index (χ0v) is 9.97. The second-order valence-corrected chi connectivity index (χ2v) is 3.38. The summed E-state index contributed by atoms with van der Waals surface area (Å²) in [6.07, 6.45) is 5.74. The molecule has 1 aromatic rings. The quantitative estimate of drug-likeness (QED) is 0.831. The molecule has 0 spiro atoms. The molecule has 1 aliphatic heterocycles. The number of hydrogen-bond acceptors (Lipinski definition) is 3. The number of ether oxygens (including phenoxy) is 1. The van der Waals surface area contributed by atoms with Crippen molar-refractivity contribution in [2.45, 2.75) is 25.0 Å². The smallest absolute Gasteiger partial charge is 0.0976 e. The highest BCUT2D eigenvalue weighted by molar-refractivity contribution is 5.85. The predicted octanol–water partition coefficient (Wildman–Crippen LogP) is 2.10. The molecule has 1 aromatic heterocycles. The van der Waals surface area contributed by atoms with Gasteiger partial charge >= 0.3 is 0 Å². The summed E-state index contributed by atoms with van der Waals surface area (Å²) in [5.41, 5.74) is 7.11. The van der Waals surface area contributed by atoms with Crippen LogP contribution in [-0.4, -0.2) is 17.6 Å². The molecular formula is C10H16Cl2N2O. The van der Waals surface area contributed by atoms with Crippen molar-refractivity contribution < 1.29 is 4.74 Å². The van der Waals surface area contributed by atoms with Gasteiger partial charge in [0.15, 0.2) is 0 Å². The first kappa shape index (κ1) is 14.6.